The highest BCUT2D eigenvalue weighted by Crippen LogP contribution is 2.21. The van der Waals surface area contributed by atoms with Crippen molar-refractivity contribution in [2.45, 2.75) is 19.9 Å². The van der Waals surface area contributed by atoms with Crippen molar-refractivity contribution >= 4 is 34.1 Å². The largest absolute Gasteiger partial charge is 0.331 e. The third-order valence-electron chi connectivity index (χ3n) is 4.17. The number of nitro groups is 1. The molecule has 0 saturated carbocycles. The number of aromatic amines is 1. The van der Waals surface area contributed by atoms with Crippen molar-refractivity contribution in [3.8, 4) is 0 Å². The SMILES string of the molecule is CCCN(Cc1nc2cc(Cl)ccc2c(=O)[nH]1)C(=O)c1ccccc1[N+](=O)[O-]. The van der Waals surface area contributed by atoms with Gasteiger partial charge in [-0.2, -0.15) is 0 Å². The highest BCUT2D eigenvalue weighted by atomic mass is 35.5. The Morgan fingerprint density at radius 3 is 2.75 bits per heavy atom. The van der Waals surface area contributed by atoms with Crippen molar-refractivity contribution < 1.29 is 9.72 Å². The Hall–Kier alpha value is -3.26. The van der Waals surface area contributed by atoms with E-state index < -0.39 is 10.8 Å². The first-order valence-corrected chi connectivity index (χ1v) is 8.99. The Morgan fingerprint density at radius 1 is 1.29 bits per heavy atom. The van der Waals surface area contributed by atoms with Crippen molar-refractivity contribution in [3.05, 3.63) is 79.3 Å². The molecule has 9 heteroatoms. The zero-order chi connectivity index (χ0) is 20.3. The van der Waals surface area contributed by atoms with Crippen LogP contribution in [0, 0.1) is 10.1 Å². The normalized spacial score (nSPS) is 10.8. The molecule has 0 fully saturated rings. The van der Waals surface area contributed by atoms with Crippen LogP contribution in [0.25, 0.3) is 10.9 Å². The van der Waals surface area contributed by atoms with Crippen molar-refractivity contribution in [2.24, 2.45) is 0 Å². The molecule has 0 spiro atoms. The summed E-state index contributed by atoms with van der Waals surface area (Å²) in [6.07, 6.45) is 0.635. The number of amides is 1. The van der Waals surface area contributed by atoms with Gasteiger partial charge in [0, 0.05) is 17.6 Å². The first kappa shape index (κ1) is 19.5. The fraction of sp³-hybridized carbons (Fsp3) is 0.211. The second-order valence-corrected chi connectivity index (χ2v) is 6.61. The van der Waals surface area contributed by atoms with Gasteiger partial charge in [0.05, 0.1) is 22.4 Å². The van der Waals surface area contributed by atoms with E-state index in [4.69, 9.17) is 11.6 Å². The van der Waals surface area contributed by atoms with Gasteiger partial charge in [0.15, 0.2) is 0 Å². The first-order chi connectivity index (χ1) is 13.4. The Morgan fingerprint density at radius 2 is 2.04 bits per heavy atom. The summed E-state index contributed by atoms with van der Waals surface area (Å²) in [5.74, 6) is -0.219. The molecule has 8 nitrogen and oxygen atoms in total. The molecule has 0 radical (unpaired) electrons. The van der Waals surface area contributed by atoms with E-state index >= 15 is 0 Å². The van der Waals surface area contributed by atoms with Gasteiger partial charge in [0.25, 0.3) is 17.2 Å². The molecule has 1 heterocycles. The molecular weight excluding hydrogens is 384 g/mol. The average molecular weight is 401 g/mol. The fourth-order valence-electron chi connectivity index (χ4n) is 2.92. The standard InChI is InChI=1S/C19H17ClN4O4/c1-2-9-23(19(26)14-5-3-4-6-16(14)24(27)28)11-17-21-15-10-12(20)7-8-13(15)18(25)22-17/h3-8,10H,2,9,11H2,1H3,(H,21,22,25). The van der Waals surface area contributed by atoms with Crippen molar-refractivity contribution in [1.29, 1.82) is 0 Å². The van der Waals surface area contributed by atoms with Crippen LogP contribution < -0.4 is 5.56 Å². The fourth-order valence-corrected chi connectivity index (χ4v) is 3.09. The number of nitro benzene ring substituents is 1. The van der Waals surface area contributed by atoms with Crippen molar-refractivity contribution in [2.75, 3.05) is 6.54 Å². The number of carbonyl (C=O) groups is 1. The van der Waals surface area contributed by atoms with Crippen LogP contribution in [0.15, 0.2) is 47.3 Å². The molecule has 3 aromatic rings. The quantitative estimate of drug-likeness (QED) is 0.502. The number of rotatable bonds is 6. The second-order valence-electron chi connectivity index (χ2n) is 6.18. The molecular formula is C19H17ClN4O4. The lowest BCUT2D eigenvalue weighted by Crippen LogP contribution is -2.33. The average Bonchev–Trinajstić information content (AvgIpc) is 2.66. The molecule has 0 saturated heterocycles. The monoisotopic (exact) mass is 400 g/mol. The summed E-state index contributed by atoms with van der Waals surface area (Å²) >= 11 is 5.98. The Bertz CT molecular complexity index is 1110. The number of nitrogens with zero attached hydrogens (tertiary/aromatic N) is 3. The minimum atomic E-state index is -0.588. The summed E-state index contributed by atoms with van der Waals surface area (Å²) in [4.78, 5) is 44.4. The third kappa shape index (κ3) is 4.01. The zero-order valence-corrected chi connectivity index (χ0v) is 15.8. The van der Waals surface area contributed by atoms with Crippen LogP contribution in [-0.2, 0) is 6.54 Å². The summed E-state index contributed by atoms with van der Waals surface area (Å²) in [7, 11) is 0. The Labute approximate surface area is 164 Å². The van der Waals surface area contributed by atoms with Gasteiger partial charge >= 0.3 is 0 Å². The molecule has 144 valence electrons. The molecule has 1 aromatic heterocycles. The summed E-state index contributed by atoms with van der Waals surface area (Å²) in [6.45, 7) is 2.24. The minimum absolute atomic E-state index is 0.00729. The molecule has 1 amide bonds. The second kappa shape index (κ2) is 8.18. The molecule has 0 atom stereocenters. The topological polar surface area (TPSA) is 109 Å². The van der Waals surface area contributed by atoms with Crippen molar-refractivity contribution in [1.82, 2.24) is 14.9 Å². The van der Waals surface area contributed by atoms with E-state index in [1.165, 1.54) is 23.1 Å². The number of fused-ring (bicyclic) bond motifs is 1. The van der Waals surface area contributed by atoms with E-state index in [-0.39, 0.29) is 29.2 Å². The molecule has 3 rings (SSSR count). The van der Waals surface area contributed by atoms with Crippen LogP contribution in [0.4, 0.5) is 5.69 Å². The van der Waals surface area contributed by atoms with Gasteiger partial charge in [-0.15, -0.1) is 0 Å². The van der Waals surface area contributed by atoms with Crippen LogP contribution in [0.3, 0.4) is 0 Å². The minimum Gasteiger partial charge on any atom is -0.331 e. The van der Waals surface area contributed by atoms with Gasteiger partial charge in [-0.1, -0.05) is 30.7 Å². The summed E-state index contributed by atoms with van der Waals surface area (Å²) < 4.78 is 0. The van der Waals surface area contributed by atoms with Gasteiger partial charge in [0.2, 0.25) is 0 Å². The number of hydrogen-bond acceptors (Lipinski definition) is 5. The van der Waals surface area contributed by atoms with Crippen LogP contribution >= 0.6 is 11.6 Å². The van der Waals surface area contributed by atoms with Crippen LogP contribution in [0.1, 0.15) is 29.5 Å². The molecule has 0 aliphatic rings. The Balaban J connectivity index is 1.98. The zero-order valence-electron chi connectivity index (χ0n) is 15.0. The molecule has 2 aromatic carbocycles. The molecule has 0 aliphatic heterocycles. The lowest BCUT2D eigenvalue weighted by molar-refractivity contribution is -0.385. The molecule has 1 N–H and O–H groups in total. The van der Waals surface area contributed by atoms with Gasteiger partial charge < -0.3 is 9.88 Å². The van der Waals surface area contributed by atoms with Crippen LogP contribution in [0.2, 0.25) is 5.02 Å². The van der Waals surface area contributed by atoms with E-state index in [0.717, 1.165) is 0 Å². The van der Waals surface area contributed by atoms with Gasteiger partial charge in [-0.25, -0.2) is 4.98 Å². The van der Waals surface area contributed by atoms with Gasteiger partial charge in [-0.3, -0.25) is 19.7 Å². The van der Waals surface area contributed by atoms with Gasteiger partial charge in [0.1, 0.15) is 11.4 Å². The summed E-state index contributed by atoms with van der Waals surface area (Å²) in [5.41, 5.74) is -0.195. The number of halogens is 1. The number of aromatic nitrogens is 2. The van der Waals surface area contributed by atoms with E-state index in [0.29, 0.717) is 28.9 Å². The maximum Gasteiger partial charge on any atom is 0.282 e. The molecule has 0 aliphatic carbocycles. The van der Waals surface area contributed by atoms with E-state index in [1.54, 1.807) is 24.3 Å². The lowest BCUT2D eigenvalue weighted by atomic mass is 10.1. The summed E-state index contributed by atoms with van der Waals surface area (Å²) in [6, 6.07) is 10.5. The predicted molar refractivity (Wildman–Crippen MR) is 106 cm³/mol. The summed E-state index contributed by atoms with van der Waals surface area (Å²) in [5, 5.41) is 12.1. The van der Waals surface area contributed by atoms with Crippen LogP contribution in [0.5, 0.6) is 0 Å². The number of hydrogen-bond donors (Lipinski definition) is 1. The first-order valence-electron chi connectivity index (χ1n) is 8.62. The van der Waals surface area contributed by atoms with E-state index in [2.05, 4.69) is 9.97 Å². The third-order valence-corrected chi connectivity index (χ3v) is 4.41. The van der Waals surface area contributed by atoms with Crippen LogP contribution in [-0.4, -0.2) is 32.2 Å². The number of para-hydroxylation sites is 1. The smallest absolute Gasteiger partial charge is 0.282 e. The van der Waals surface area contributed by atoms with E-state index in [9.17, 15) is 19.7 Å². The lowest BCUT2D eigenvalue weighted by Gasteiger charge is -2.21. The molecule has 28 heavy (non-hydrogen) atoms. The Kier molecular flexibility index (Phi) is 5.70. The maximum absolute atomic E-state index is 12.9. The highest BCUT2D eigenvalue weighted by Gasteiger charge is 2.24. The number of carbonyl (C=O) groups excluding carboxylic acids is 1. The number of benzene rings is 2. The molecule has 0 unspecified atom stereocenters. The molecule has 0 bridgehead atoms. The van der Waals surface area contributed by atoms with Gasteiger partial charge in [-0.05, 0) is 30.7 Å². The van der Waals surface area contributed by atoms with Crippen molar-refractivity contribution in [3.63, 3.8) is 0 Å². The number of nitrogens with one attached hydrogen (secondary N) is 1. The number of H-pyrrole nitrogens is 1. The highest BCUT2D eigenvalue weighted by molar-refractivity contribution is 6.31. The predicted octanol–water partition coefficient (Wildman–Crippen LogP) is 3.54. The van der Waals surface area contributed by atoms with E-state index in [1.807, 2.05) is 6.92 Å². The maximum atomic E-state index is 12.9.